The van der Waals surface area contributed by atoms with Crippen molar-refractivity contribution in [3.63, 3.8) is 0 Å². The Labute approximate surface area is 208 Å². The van der Waals surface area contributed by atoms with Crippen LogP contribution in [0.4, 0.5) is 0 Å². The van der Waals surface area contributed by atoms with E-state index in [0.29, 0.717) is 0 Å². The van der Waals surface area contributed by atoms with E-state index in [1.165, 1.54) is 51.1 Å². The van der Waals surface area contributed by atoms with Crippen molar-refractivity contribution in [1.29, 1.82) is 0 Å². The molecule has 2 heteroatoms. The van der Waals surface area contributed by atoms with E-state index in [1.54, 1.807) is 0 Å². The fraction of sp³-hybridized carbons (Fsp3) is 0.364. The minimum Gasteiger partial charge on any atom is -0.454 e. The molecule has 0 spiro atoms. The fourth-order valence-corrected chi connectivity index (χ4v) is 6.22. The standard InChI is InChI=1S/C33H35NO/c1-31(2,3)25-19-21(18-20-10-8-9-11-22(20)25)29-30-23(14-17-34-29)27-26(35-30)13-12-24-28(27)33(6,7)16-15-32(24,4)5/h8-14,17-19H,15-16H2,1-7H3. The minimum absolute atomic E-state index is 0.0199. The van der Waals surface area contributed by atoms with E-state index in [4.69, 9.17) is 9.40 Å². The van der Waals surface area contributed by atoms with Crippen LogP contribution in [0.3, 0.4) is 0 Å². The number of nitrogens with zero attached hydrogens (tertiary/aromatic N) is 1. The number of hydrogen-bond donors (Lipinski definition) is 0. The number of aromatic nitrogens is 1. The topological polar surface area (TPSA) is 26.0 Å². The molecule has 0 radical (unpaired) electrons. The third kappa shape index (κ3) is 3.33. The third-order valence-corrected chi connectivity index (χ3v) is 8.28. The van der Waals surface area contributed by atoms with Crippen LogP contribution in [-0.2, 0) is 16.2 Å². The highest BCUT2D eigenvalue weighted by atomic mass is 16.3. The number of furan rings is 1. The van der Waals surface area contributed by atoms with Crippen molar-refractivity contribution in [3.05, 3.63) is 77.5 Å². The number of rotatable bonds is 1. The normalized spacial score (nSPS) is 17.2. The van der Waals surface area contributed by atoms with Crippen LogP contribution in [0, 0.1) is 0 Å². The first-order valence-electron chi connectivity index (χ1n) is 12.9. The van der Waals surface area contributed by atoms with Gasteiger partial charge in [0.1, 0.15) is 11.3 Å². The van der Waals surface area contributed by atoms with Gasteiger partial charge in [0.05, 0.1) is 0 Å². The molecule has 1 aliphatic carbocycles. The number of pyridine rings is 1. The van der Waals surface area contributed by atoms with E-state index >= 15 is 0 Å². The lowest BCUT2D eigenvalue weighted by molar-refractivity contribution is 0.334. The Morgan fingerprint density at radius 3 is 2.34 bits per heavy atom. The molecule has 0 amide bonds. The second-order valence-electron chi connectivity index (χ2n) is 12.8. The van der Waals surface area contributed by atoms with Crippen LogP contribution in [0.1, 0.15) is 78.0 Å². The summed E-state index contributed by atoms with van der Waals surface area (Å²) in [6.07, 6.45) is 4.34. The van der Waals surface area contributed by atoms with Crippen LogP contribution in [0.25, 0.3) is 44.0 Å². The van der Waals surface area contributed by atoms with E-state index in [9.17, 15) is 0 Å². The van der Waals surface area contributed by atoms with Gasteiger partial charge in [-0.15, -0.1) is 0 Å². The summed E-state index contributed by atoms with van der Waals surface area (Å²) in [6.45, 7) is 16.4. The van der Waals surface area contributed by atoms with Gasteiger partial charge in [0.25, 0.3) is 0 Å². The Balaban J connectivity index is 1.69. The van der Waals surface area contributed by atoms with Crippen molar-refractivity contribution in [2.45, 2.75) is 77.6 Å². The molecule has 178 valence electrons. The van der Waals surface area contributed by atoms with Crippen molar-refractivity contribution in [2.75, 3.05) is 0 Å². The first-order valence-corrected chi connectivity index (χ1v) is 12.9. The molecule has 3 aromatic carbocycles. The van der Waals surface area contributed by atoms with Crippen molar-refractivity contribution >= 4 is 32.7 Å². The highest BCUT2D eigenvalue weighted by Crippen LogP contribution is 2.51. The predicted molar refractivity (Wildman–Crippen MR) is 148 cm³/mol. The second-order valence-corrected chi connectivity index (χ2v) is 12.8. The van der Waals surface area contributed by atoms with Gasteiger partial charge in [0, 0.05) is 22.5 Å². The van der Waals surface area contributed by atoms with Crippen LogP contribution in [0.15, 0.2) is 65.2 Å². The zero-order valence-corrected chi connectivity index (χ0v) is 22.0. The van der Waals surface area contributed by atoms with Crippen molar-refractivity contribution < 1.29 is 4.42 Å². The molecule has 0 unspecified atom stereocenters. The summed E-state index contributed by atoms with van der Waals surface area (Å²) in [7, 11) is 0. The zero-order chi connectivity index (χ0) is 24.8. The monoisotopic (exact) mass is 461 g/mol. The smallest absolute Gasteiger partial charge is 0.161 e. The van der Waals surface area contributed by atoms with Crippen LogP contribution in [-0.4, -0.2) is 4.98 Å². The summed E-state index contributed by atoms with van der Waals surface area (Å²) in [4.78, 5) is 4.89. The Kier molecular flexibility index (Phi) is 4.59. The molecule has 2 nitrogen and oxygen atoms in total. The van der Waals surface area contributed by atoms with Gasteiger partial charge in [-0.05, 0) is 80.8 Å². The molecular weight excluding hydrogens is 426 g/mol. The molecule has 35 heavy (non-hydrogen) atoms. The average molecular weight is 462 g/mol. The van der Waals surface area contributed by atoms with Crippen molar-refractivity contribution in [3.8, 4) is 11.3 Å². The maximum Gasteiger partial charge on any atom is 0.161 e. The summed E-state index contributed by atoms with van der Waals surface area (Å²) in [6, 6.07) is 19.9. The number of benzene rings is 3. The molecule has 0 aliphatic heterocycles. The molecule has 0 bridgehead atoms. The van der Waals surface area contributed by atoms with Gasteiger partial charge in [0.15, 0.2) is 5.58 Å². The Hall–Kier alpha value is -3.13. The number of fused-ring (bicyclic) bond motifs is 6. The second kappa shape index (κ2) is 7.20. The van der Waals surface area contributed by atoms with E-state index in [1.807, 2.05) is 6.20 Å². The van der Waals surface area contributed by atoms with Crippen molar-refractivity contribution in [1.82, 2.24) is 4.98 Å². The molecule has 0 N–H and O–H groups in total. The maximum absolute atomic E-state index is 6.64. The summed E-state index contributed by atoms with van der Waals surface area (Å²) in [5.74, 6) is 0. The summed E-state index contributed by atoms with van der Waals surface area (Å²) < 4.78 is 6.64. The molecule has 2 heterocycles. The van der Waals surface area contributed by atoms with Gasteiger partial charge in [-0.2, -0.15) is 0 Å². The first-order chi connectivity index (χ1) is 16.5. The Morgan fingerprint density at radius 1 is 0.829 bits per heavy atom. The highest BCUT2D eigenvalue weighted by molar-refractivity contribution is 6.11. The molecule has 0 atom stereocenters. The van der Waals surface area contributed by atoms with Gasteiger partial charge >= 0.3 is 0 Å². The lowest BCUT2D eigenvalue weighted by Crippen LogP contribution is -2.33. The van der Waals surface area contributed by atoms with Gasteiger partial charge in [-0.1, -0.05) is 78.8 Å². The largest absolute Gasteiger partial charge is 0.454 e. The molecule has 0 saturated carbocycles. The maximum atomic E-state index is 6.64. The first kappa shape index (κ1) is 22.3. The predicted octanol–water partition coefficient (Wildman–Crippen LogP) is 9.45. The van der Waals surface area contributed by atoms with Gasteiger partial charge in [0.2, 0.25) is 0 Å². The quantitative estimate of drug-likeness (QED) is 0.248. The molecule has 5 aromatic rings. The third-order valence-electron chi connectivity index (χ3n) is 8.28. The van der Waals surface area contributed by atoms with E-state index < -0.39 is 0 Å². The van der Waals surface area contributed by atoms with Gasteiger partial charge in [-0.3, -0.25) is 4.98 Å². The minimum atomic E-state index is 0.0199. The molecular formula is C33H35NO. The lowest BCUT2D eigenvalue weighted by Gasteiger charge is -2.42. The Morgan fingerprint density at radius 2 is 1.57 bits per heavy atom. The average Bonchev–Trinajstić information content (AvgIpc) is 3.19. The zero-order valence-electron chi connectivity index (χ0n) is 22.0. The molecule has 0 saturated heterocycles. The van der Waals surface area contributed by atoms with Crippen LogP contribution in [0.5, 0.6) is 0 Å². The molecule has 6 rings (SSSR count). The van der Waals surface area contributed by atoms with Crippen LogP contribution < -0.4 is 0 Å². The summed E-state index contributed by atoms with van der Waals surface area (Å²) in [5.41, 5.74) is 8.45. The SMILES string of the molecule is CC(C)(C)c1cc(-c2nccc3c2oc2ccc4c(c23)C(C)(C)CCC4(C)C)cc2ccccc12. The highest BCUT2D eigenvalue weighted by Gasteiger charge is 2.39. The van der Waals surface area contributed by atoms with E-state index in [-0.39, 0.29) is 16.2 Å². The van der Waals surface area contributed by atoms with Gasteiger partial charge < -0.3 is 4.42 Å². The molecule has 1 aliphatic rings. The fourth-order valence-electron chi connectivity index (χ4n) is 6.22. The number of hydrogen-bond acceptors (Lipinski definition) is 2. The summed E-state index contributed by atoms with van der Waals surface area (Å²) in [5, 5.41) is 5.00. The summed E-state index contributed by atoms with van der Waals surface area (Å²) >= 11 is 0. The van der Waals surface area contributed by atoms with Crippen molar-refractivity contribution in [2.24, 2.45) is 0 Å². The Bertz CT molecular complexity index is 1620. The lowest BCUT2D eigenvalue weighted by atomic mass is 9.62. The van der Waals surface area contributed by atoms with Crippen LogP contribution in [0.2, 0.25) is 0 Å². The van der Waals surface area contributed by atoms with Crippen LogP contribution >= 0.6 is 0 Å². The molecule has 0 fully saturated rings. The van der Waals surface area contributed by atoms with Gasteiger partial charge in [-0.25, -0.2) is 0 Å². The van der Waals surface area contributed by atoms with E-state index in [0.717, 1.165) is 22.4 Å². The molecule has 2 aromatic heterocycles. The van der Waals surface area contributed by atoms with E-state index in [2.05, 4.69) is 103 Å².